The van der Waals surface area contributed by atoms with Crippen LogP contribution in [0.5, 0.6) is 5.75 Å². The summed E-state index contributed by atoms with van der Waals surface area (Å²) in [6, 6.07) is 6.16. The summed E-state index contributed by atoms with van der Waals surface area (Å²) in [7, 11) is 0. The number of benzene rings is 1. The van der Waals surface area contributed by atoms with Crippen LogP contribution in [0.25, 0.3) is 0 Å². The van der Waals surface area contributed by atoms with E-state index in [0.29, 0.717) is 23.5 Å². The van der Waals surface area contributed by atoms with Gasteiger partial charge < -0.3 is 9.47 Å². The summed E-state index contributed by atoms with van der Waals surface area (Å²) in [5.74, 6) is 2.12. The van der Waals surface area contributed by atoms with Crippen molar-refractivity contribution in [2.75, 3.05) is 0 Å². The standard InChI is InChI=1S/C22H28O4/c1-13(23)25-16-5-7-17-15(12-16)4-6-19-18(17)10-11-22(3)20(19)8-9-21(22)26-14(2)24/h5,7,12,18-21H,4,6,8-11H2,1-3H3/t18?,19?,20?,21?,22-/m0/s1. The van der Waals surface area contributed by atoms with Crippen LogP contribution in [0.2, 0.25) is 0 Å². The Labute approximate surface area is 155 Å². The van der Waals surface area contributed by atoms with Gasteiger partial charge in [0, 0.05) is 19.3 Å². The van der Waals surface area contributed by atoms with Crippen molar-refractivity contribution in [1.29, 1.82) is 0 Å². The first kappa shape index (κ1) is 17.6. The van der Waals surface area contributed by atoms with Crippen LogP contribution in [-0.2, 0) is 20.7 Å². The maximum atomic E-state index is 11.5. The molecule has 1 aromatic carbocycles. The Balaban J connectivity index is 1.58. The van der Waals surface area contributed by atoms with E-state index < -0.39 is 0 Å². The smallest absolute Gasteiger partial charge is 0.308 e. The molecule has 2 saturated carbocycles. The molecule has 0 aromatic heterocycles. The lowest BCUT2D eigenvalue weighted by molar-refractivity contribution is -0.154. The fourth-order valence-corrected chi connectivity index (χ4v) is 6.13. The monoisotopic (exact) mass is 356 g/mol. The van der Waals surface area contributed by atoms with Crippen LogP contribution in [0.15, 0.2) is 18.2 Å². The van der Waals surface area contributed by atoms with Gasteiger partial charge in [0.2, 0.25) is 0 Å². The Kier molecular flexibility index (Phi) is 4.32. The highest BCUT2D eigenvalue weighted by Gasteiger charge is 2.56. The fraction of sp³-hybridized carbons (Fsp3) is 0.636. The number of fused-ring (bicyclic) bond motifs is 5. The largest absolute Gasteiger partial charge is 0.462 e. The lowest BCUT2D eigenvalue weighted by Gasteiger charge is -2.50. The Hall–Kier alpha value is -1.84. The molecule has 4 unspecified atom stereocenters. The van der Waals surface area contributed by atoms with Gasteiger partial charge in [-0.05, 0) is 79.5 Å². The zero-order valence-electron chi connectivity index (χ0n) is 15.9. The zero-order valence-corrected chi connectivity index (χ0v) is 15.9. The molecule has 0 amide bonds. The minimum atomic E-state index is -0.269. The molecule has 0 N–H and O–H groups in total. The number of esters is 2. The molecule has 3 aliphatic carbocycles. The van der Waals surface area contributed by atoms with Gasteiger partial charge >= 0.3 is 11.9 Å². The van der Waals surface area contributed by atoms with Crippen molar-refractivity contribution in [2.45, 2.75) is 71.3 Å². The Bertz CT molecular complexity index is 740. The van der Waals surface area contributed by atoms with E-state index in [1.807, 2.05) is 6.07 Å². The molecule has 0 spiro atoms. The SMILES string of the molecule is CC(=O)Oc1ccc2c(c1)CCC1C2CC[C@]2(C)C(OC(C)=O)CCC12. The van der Waals surface area contributed by atoms with Crippen LogP contribution in [0.3, 0.4) is 0 Å². The van der Waals surface area contributed by atoms with Gasteiger partial charge in [0.05, 0.1) is 0 Å². The second-order valence-electron chi connectivity index (χ2n) is 8.59. The van der Waals surface area contributed by atoms with E-state index in [1.165, 1.54) is 31.4 Å². The number of ether oxygens (including phenoxy) is 2. The highest BCUT2D eigenvalue weighted by molar-refractivity contribution is 5.69. The molecule has 0 heterocycles. The van der Waals surface area contributed by atoms with Crippen molar-refractivity contribution in [3.63, 3.8) is 0 Å². The molecule has 4 heteroatoms. The molecule has 1 aromatic rings. The second-order valence-corrected chi connectivity index (χ2v) is 8.59. The van der Waals surface area contributed by atoms with Gasteiger partial charge in [-0.25, -0.2) is 0 Å². The summed E-state index contributed by atoms with van der Waals surface area (Å²) in [5, 5.41) is 0. The van der Waals surface area contributed by atoms with Crippen LogP contribution in [0.4, 0.5) is 0 Å². The zero-order chi connectivity index (χ0) is 18.5. The first-order valence-electron chi connectivity index (χ1n) is 9.87. The maximum Gasteiger partial charge on any atom is 0.308 e. The van der Waals surface area contributed by atoms with E-state index in [1.54, 1.807) is 0 Å². The summed E-state index contributed by atoms with van der Waals surface area (Å²) in [4.78, 5) is 22.7. The molecule has 5 atom stereocenters. The quantitative estimate of drug-likeness (QED) is 0.582. The van der Waals surface area contributed by atoms with E-state index in [4.69, 9.17) is 9.47 Å². The van der Waals surface area contributed by atoms with E-state index in [-0.39, 0.29) is 23.5 Å². The Morgan fingerprint density at radius 2 is 1.88 bits per heavy atom. The van der Waals surface area contributed by atoms with Gasteiger partial charge in [-0.1, -0.05) is 13.0 Å². The molecular weight excluding hydrogens is 328 g/mol. The first-order chi connectivity index (χ1) is 12.4. The van der Waals surface area contributed by atoms with Gasteiger partial charge in [0.1, 0.15) is 11.9 Å². The second kappa shape index (κ2) is 6.40. The lowest BCUT2D eigenvalue weighted by atomic mass is 9.55. The fourth-order valence-electron chi connectivity index (χ4n) is 6.13. The molecule has 140 valence electrons. The summed E-state index contributed by atoms with van der Waals surface area (Å²) < 4.78 is 11.0. The maximum absolute atomic E-state index is 11.5. The third-order valence-electron chi connectivity index (χ3n) is 7.18. The van der Waals surface area contributed by atoms with Crippen LogP contribution in [-0.4, -0.2) is 18.0 Å². The predicted molar refractivity (Wildman–Crippen MR) is 97.9 cm³/mol. The molecule has 4 rings (SSSR count). The molecule has 26 heavy (non-hydrogen) atoms. The van der Waals surface area contributed by atoms with Crippen LogP contribution in [0, 0.1) is 17.3 Å². The number of hydrogen-bond acceptors (Lipinski definition) is 4. The van der Waals surface area contributed by atoms with Crippen molar-refractivity contribution in [2.24, 2.45) is 17.3 Å². The lowest BCUT2D eigenvalue weighted by Crippen LogP contribution is -2.45. The van der Waals surface area contributed by atoms with E-state index in [9.17, 15) is 9.59 Å². The normalized spacial score (nSPS) is 35.0. The van der Waals surface area contributed by atoms with Gasteiger partial charge in [-0.15, -0.1) is 0 Å². The average molecular weight is 356 g/mol. The summed E-state index contributed by atoms with van der Waals surface area (Å²) >= 11 is 0. The van der Waals surface area contributed by atoms with Gasteiger partial charge in [0.15, 0.2) is 0 Å². The van der Waals surface area contributed by atoms with E-state index in [0.717, 1.165) is 32.1 Å². The highest BCUT2D eigenvalue weighted by atomic mass is 16.5. The number of hydrogen-bond donors (Lipinski definition) is 0. The summed E-state index contributed by atoms with van der Waals surface area (Å²) in [6.45, 7) is 5.31. The minimum absolute atomic E-state index is 0.0821. The first-order valence-corrected chi connectivity index (χ1v) is 9.87. The van der Waals surface area contributed by atoms with Crippen LogP contribution >= 0.6 is 0 Å². The third-order valence-corrected chi connectivity index (χ3v) is 7.18. The Morgan fingerprint density at radius 1 is 1.08 bits per heavy atom. The number of carbonyl (C=O) groups is 2. The minimum Gasteiger partial charge on any atom is -0.462 e. The molecule has 0 bridgehead atoms. The molecule has 0 saturated heterocycles. The number of rotatable bonds is 2. The van der Waals surface area contributed by atoms with Crippen LogP contribution in [0.1, 0.15) is 69.9 Å². The van der Waals surface area contributed by atoms with Gasteiger partial charge in [-0.2, -0.15) is 0 Å². The third kappa shape index (κ3) is 2.83. The van der Waals surface area contributed by atoms with Crippen molar-refractivity contribution < 1.29 is 19.1 Å². The molecule has 0 aliphatic heterocycles. The van der Waals surface area contributed by atoms with Gasteiger partial charge in [0.25, 0.3) is 0 Å². The topological polar surface area (TPSA) is 52.6 Å². The average Bonchev–Trinajstić information content (AvgIpc) is 2.90. The molecule has 4 nitrogen and oxygen atoms in total. The summed E-state index contributed by atoms with van der Waals surface area (Å²) in [5.41, 5.74) is 2.90. The number of aryl methyl sites for hydroxylation is 1. The molecule has 3 aliphatic rings. The van der Waals surface area contributed by atoms with E-state index >= 15 is 0 Å². The van der Waals surface area contributed by atoms with E-state index in [2.05, 4.69) is 19.1 Å². The Morgan fingerprint density at radius 3 is 2.62 bits per heavy atom. The predicted octanol–water partition coefficient (Wildman–Crippen LogP) is 4.40. The van der Waals surface area contributed by atoms with Crippen molar-refractivity contribution in [3.8, 4) is 5.75 Å². The highest BCUT2D eigenvalue weighted by Crippen LogP contribution is 2.61. The van der Waals surface area contributed by atoms with Gasteiger partial charge in [-0.3, -0.25) is 9.59 Å². The van der Waals surface area contributed by atoms with Crippen molar-refractivity contribution in [1.82, 2.24) is 0 Å². The number of carbonyl (C=O) groups excluding carboxylic acids is 2. The van der Waals surface area contributed by atoms with Crippen LogP contribution < -0.4 is 4.74 Å². The summed E-state index contributed by atoms with van der Waals surface area (Å²) in [6.07, 6.45) is 6.72. The van der Waals surface area contributed by atoms with Crippen molar-refractivity contribution in [3.05, 3.63) is 29.3 Å². The molecule has 2 fully saturated rings. The molecular formula is C22H28O4. The van der Waals surface area contributed by atoms with Crippen molar-refractivity contribution >= 4 is 11.9 Å². The molecule has 0 radical (unpaired) electrons.